The molecule has 6 rings (SSSR count). The van der Waals surface area contributed by atoms with E-state index in [9.17, 15) is 0 Å². The first kappa shape index (κ1) is 15.5. The normalized spacial score (nSPS) is 11.9. The van der Waals surface area contributed by atoms with Crippen molar-refractivity contribution in [3.05, 3.63) is 83.9 Å². The monoisotopic (exact) mass is 362 g/mol. The zero-order valence-electron chi connectivity index (χ0n) is 15.7. The van der Waals surface area contributed by atoms with Crippen LogP contribution in [-0.2, 0) is 0 Å². The third kappa shape index (κ3) is 1.97. The maximum atomic E-state index is 6.36. The summed E-state index contributed by atoms with van der Waals surface area (Å²) >= 11 is 0. The van der Waals surface area contributed by atoms with Gasteiger partial charge in [-0.15, -0.1) is 0 Å². The van der Waals surface area contributed by atoms with Gasteiger partial charge in [0.15, 0.2) is 0 Å². The quantitative estimate of drug-likeness (QED) is 0.299. The first-order valence-electron chi connectivity index (χ1n) is 9.54. The summed E-state index contributed by atoms with van der Waals surface area (Å²) in [5.74, 6) is 0. The van der Waals surface area contributed by atoms with E-state index >= 15 is 0 Å². The maximum absolute atomic E-state index is 6.36. The molecule has 28 heavy (non-hydrogen) atoms. The lowest BCUT2D eigenvalue weighted by Gasteiger charge is -2.11. The minimum absolute atomic E-state index is 0.916. The summed E-state index contributed by atoms with van der Waals surface area (Å²) in [6, 6.07) is 25.1. The molecule has 2 aromatic heterocycles. The fraction of sp³-hybridized carbons (Fsp3) is 0.0769. The molecule has 0 unspecified atom stereocenters. The molecule has 6 aromatic rings. The Morgan fingerprint density at radius 2 is 0.893 bits per heavy atom. The molecular formula is C26H18O2. The van der Waals surface area contributed by atoms with Crippen LogP contribution in [0.1, 0.15) is 11.1 Å². The molecule has 2 heterocycles. The van der Waals surface area contributed by atoms with E-state index in [1.54, 1.807) is 0 Å². The predicted octanol–water partition coefficient (Wildman–Crippen LogP) is 7.77. The van der Waals surface area contributed by atoms with Gasteiger partial charge in [0.2, 0.25) is 0 Å². The average Bonchev–Trinajstić information content (AvgIpc) is 3.27. The lowest BCUT2D eigenvalue weighted by Crippen LogP contribution is -1.89. The van der Waals surface area contributed by atoms with E-state index in [0.29, 0.717) is 0 Å². The molecule has 0 radical (unpaired) electrons. The standard InChI is InChI=1S/C26H18O2/c1-15-11-13-19-17-7-3-5-9-21(17)27-25(19)23(15)24-16(2)12-14-20-18-8-4-6-10-22(18)28-26(20)24/h3-14H,1-2H3. The van der Waals surface area contributed by atoms with E-state index in [1.807, 2.05) is 24.3 Å². The lowest BCUT2D eigenvalue weighted by molar-refractivity contribution is 0.664. The van der Waals surface area contributed by atoms with Crippen molar-refractivity contribution in [1.82, 2.24) is 0 Å². The van der Waals surface area contributed by atoms with Gasteiger partial charge in [-0.05, 0) is 37.1 Å². The molecule has 0 bridgehead atoms. The van der Waals surface area contributed by atoms with Gasteiger partial charge in [-0.3, -0.25) is 0 Å². The van der Waals surface area contributed by atoms with Crippen LogP contribution in [0.3, 0.4) is 0 Å². The zero-order valence-corrected chi connectivity index (χ0v) is 15.7. The molecule has 0 saturated heterocycles. The summed E-state index contributed by atoms with van der Waals surface area (Å²) in [6.07, 6.45) is 0. The minimum atomic E-state index is 0.916. The fourth-order valence-electron chi connectivity index (χ4n) is 4.40. The van der Waals surface area contributed by atoms with Crippen LogP contribution in [0.25, 0.3) is 55.0 Å². The van der Waals surface area contributed by atoms with Gasteiger partial charge >= 0.3 is 0 Å². The van der Waals surface area contributed by atoms with Crippen molar-refractivity contribution in [3.8, 4) is 11.1 Å². The first-order chi connectivity index (χ1) is 13.7. The van der Waals surface area contributed by atoms with Crippen LogP contribution in [-0.4, -0.2) is 0 Å². The summed E-state index contributed by atoms with van der Waals surface area (Å²) in [4.78, 5) is 0. The van der Waals surface area contributed by atoms with E-state index in [4.69, 9.17) is 8.83 Å². The van der Waals surface area contributed by atoms with Crippen molar-refractivity contribution < 1.29 is 8.83 Å². The van der Waals surface area contributed by atoms with Crippen LogP contribution >= 0.6 is 0 Å². The summed E-state index contributed by atoms with van der Waals surface area (Å²) in [5.41, 5.74) is 8.30. The van der Waals surface area contributed by atoms with E-state index in [-0.39, 0.29) is 0 Å². The molecule has 0 spiro atoms. The molecule has 134 valence electrons. The Kier molecular flexibility index (Phi) is 3.05. The van der Waals surface area contributed by atoms with Crippen LogP contribution in [0.4, 0.5) is 0 Å². The van der Waals surface area contributed by atoms with Crippen LogP contribution in [0.2, 0.25) is 0 Å². The van der Waals surface area contributed by atoms with Crippen molar-refractivity contribution in [3.63, 3.8) is 0 Å². The molecule has 0 saturated carbocycles. The largest absolute Gasteiger partial charge is 0.455 e. The molecule has 0 aliphatic carbocycles. The van der Waals surface area contributed by atoms with Crippen molar-refractivity contribution in [1.29, 1.82) is 0 Å². The van der Waals surface area contributed by atoms with Gasteiger partial charge in [0.25, 0.3) is 0 Å². The van der Waals surface area contributed by atoms with Crippen molar-refractivity contribution in [2.24, 2.45) is 0 Å². The van der Waals surface area contributed by atoms with Crippen molar-refractivity contribution in [2.45, 2.75) is 13.8 Å². The Morgan fingerprint density at radius 3 is 1.36 bits per heavy atom. The summed E-state index contributed by atoms with van der Waals surface area (Å²) in [7, 11) is 0. The van der Waals surface area contributed by atoms with Crippen molar-refractivity contribution in [2.75, 3.05) is 0 Å². The number of rotatable bonds is 1. The number of fused-ring (bicyclic) bond motifs is 6. The molecule has 0 aliphatic rings. The highest BCUT2D eigenvalue weighted by Gasteiger charge is 2.20. The second-order valence-electron chi connectivity index (χ2n) is 7.46. The van der Waals surface area contributed by atoms with E-state index in [0.717, 1.165) is 55.0 Å². The molecule has 0 atom stereocenters. The van der Waals surface area contributed by atoms with Crippen LogP contribution in [0, 0.1) is 13.8 Å². The molecule has 0 fully saturated rings. The number of hydrogen-bond donors (Lipinski definition) is 0. The SMILES string of the molecule is Cc1ccc2c(oc3ccccc32)c1-c1c(C)ccc2c1oc1ccccc12. The second kappa shape index (κ2) is 5.49. The number of hydrogen-bond acceptors (Lipinski definition) is 2. The van der Waals surface area contributed by atoms with E-state index in [1.165, 1.54) is 11.1 Å². The average molecular weight is 362 g/mol. The van der Waals surface area contributed by atoms with Gasteiger partial charge in [-0.25, -0.2) is 0 Å². The van der Waals surface area contributed by atoms with E-state index in [2.05, 4.69) is 62.4 Å². The summed E-state index contributed by atoms with van der Waals surface area (Å²) < 4.78 is 12.7. The Morgan fingerprint density at radius 1 is 0.464 bits per heavy atom. The van der Waals surface area contributed by atoms with Gasteiger partial charge in [0.1, 0.15) is 22.3 Å². The maximum Gasteiger partial charge on any atom is 0.143 e. The minimum Gasteiger partial charge on any atom is -0.455 e. The predicted molar refractivity (Wildman–Crippen MR) is 116 cm³/mol. The smallest absolute Gasteiger partial charge is 0.143 e. The van der Waals surface area contributed by atoms with Crippen molar-refractivity contribution >= 4 is 43.9 Å². The van der Waals surface area contributed by atoms with Crippen LogP contribution in [0.5, 0.6) is 0 Å². The molecule has 4 aromatic carbocycles. The third-order valence-corrected chi connectivity index (χ3v) is 5.76. The zero-order chi connectivity index (χ0) is 18.8. The molecule has 2 nitrogen and oxygen atoms in total. The van der Waals surface area contributed by atoms with E-state index < -0.39 is 0 Å². The van der Waals surface area contributed by atoms with Gasteiger partial charge in [0.05, 0.1) is 0 Å². The third-order valence-electron chi connectivity index (χ3n) is 5.76. The lowest BCUT2D eigenvalue weighted by atomic mass is 9.92. The van der Waals surface area contributed by atoms with Crippen LogP contribution in [0.15, 0.2) is 81.6 Å². The van der Waals surface area contributed by atoms with Gasteiger partial charge in [0, 0.05) is 32.7 Å². The second-order valence-corrected chi connectivity index (χ2v) is 7.46. The highest BCUT2D eigenvalue weighted by molar-refractivity contribution is 6.15. The number of para-hydroxylation sites is 2. The molecular weight excluding hydrogens is 344 g/mol. The summed E-state index contributed by atoms with van der Waals surface area (Å²) in [5, 5.41) is 4.58. The number of furan rings is 2. The van der Waals surface area contributed by atoms with Crippen LogP contribution < -0.4 is 0 Å². The highest BCUT2D eigenvalue weighted by Crippen LogP contribution is 2.43. The number of aryl methyl sites for hydroxylation is 2. The number of benzene rings is 4. The van der Waals surface area contributed by atoms with Gasteiger partial charge in [-0.1, -0.05) is 60.7 Å². The topological polar surface area (TPSA) is 26.3 Å². The molecule has 0 amide bonds. The Balaban J connectivity index is 1.82. The first-order valence-corrected chi connectivity index (χ1v) is 9.54. The molecule has 0 N–H and O–H groups in total. The Bertz CT molecular complexity index is 1410. The Hall–Kier alpha value is -3.52. The highest BCUT2D eigenvalue weighted by atomic mass is 16.3. The molecule has 0 aliphatic heterocycles. The van der Waals surface area contributed by atoms with Gasteiger partial charge in [-0.2, -0.15) is 0 Å². The van der Waals surface area contributed by atoms with Gasteiger partial charge < -0.3 is 8.83 Å². The fourth-order valence-corrected chi connectivity index (χ4v) is 4.40. The Labute approximate surface area is 162 Å². The molecule has 2 heteroatoms. The summed E-state index contributed by atoms with van der Waals surface area (Å²) in [6.45, 7) is 4.28.